The highest BCUT2D eigenvalue weighted by molar-refractivity contribution is 6.13. The third-order valence-electron chi connectivity index (χ3n) is 17.1. The second-order valence-corrected chi connectivity index (χ2v) is 29.8. The number of nitrogens with one attached hydrogen (secondary N) is 2. The van der Waals surface area contributed by atoms with E-state index >= 15 is 0 Å². The number of hydrogen-bond acceptors (Lipinski definition) is 7. The summed E-state index contributed by atoms with van der Waals surface area (Å²) < 4.78 is 0. The molecule has 10 nitrogen and oxygen atoms in total. The summed E-state index contributed by atoms with van der Waals surface area (Å²) in [6.07, 6.45) is 0. The van der Waals surface area contributed by atoms with Crippen molar-refractivity contribution in [3.05, 3.63) is 166 Å². The number of carboxylic acid groups (broad SMARTS) is 1. The maximum Gasteiger partial charge on any atom is 0.335 e. The van der Waals surface area contributed by atoms with Crippen molar-refractivity contribution in [3.8, 4) is 78.9 Å². The molecule has 2 aliphatic heterocycles. The Labute approximate surface area is 499 Å². The molecule has 8 bridgehead atoms. The van der Waals surface area contributed by atoms with Gasteiger partial charge in [-0.2, -0.15) is 0 Å². The van der Waals surface area contributed by atoms with E-state index in [1.165, 1.54) is 33.4 Å². The van der Waals surface area contributed by atoms with E-state index in [-0.39, 0.29) is 38.1 Å². The van der Waals surface area contributed by atoms with Gasteiger partial charge in [-0.25, -0.2) is 34.7 Å². The molecule has 7 aromatic carbocycles. The van der Waals surface area contributed by atoms with Crippen LogP contribution in [0.3, 0.4) is 0 Å². The number of aromatic amines is 2. The summed E-state index contributed by atoms with van der Waals surface area (Å²) in [6, 6.07) is 45.1. The number of fused-ring (bicyclic) bond motifs is 20. The predicted octanol–water partition coefficient (Wildman–Crippen LogP) is 19.4. The fourth-order valence-corrected chi connectivity index (χ4v) is 11.7. The van der Waals surface area contributed by atoms with Crippen LogP contribution in [0.25, 0.3) is 123 Å². The van der Waals surface area contributed by atoms with E-state index in [4.69, 9.17) is 29.9 Å². The quantitative estimate of drug-likeness (QED) is 0.158. The zero-order chi connectivity index (χ0) is 60.8. The zero-order valence-corrected chi connectivity index (χ0v) is 52.7. The normalized spacial score (nSPS) is 13.2. The third-order valence-corrected chi connectivity index (χ3v) is 17.1. The van der Waals surface area contributed by atoms with E-state index < -0.39 is 5.97 Å². The lowest BCUT2D eigenvalue weighted by Gasteiger charge is -2.26. The van der Waals surface area contributed by atoms with Gasteiger partial charge in [-0.1, -0.05) is 234 Å². The fraction of sp³-hybridized carbons (Fsp3) is 0.320. The summed E-state index contributed by atoms with van der Waals surface area (Å²) in [7, 11) is 0. The summed E-state index contributed by atoms with van der Waals surface area (Å²) in [6.45, 7) is 40.7. The Morgan fingerprint density at radius 2 is 0.659 bits per heavy atom. The number of benzene rings is 7. The lowest BCUT2D eigenvalue weighted by Crippen LogP contribution is -2.16. The van der Waals surface area contributed by atoms with Crippen molar-refractivity contribution in [2.24, 2.45) is 0 Å². The highest BCUT2D eigenvalue weighted by Crippen LogP contribution is 2.47. The minimum Gasteiger partial charge on any atom is -0.478 e. The largest absolute Gasteiger partial charge is 0.478 e. The van der Waals surface area contributed by atoms with Crippen molar-refractivity contribution >= 4 is 50.1 Å². The maximum atomic E-state index is 12.8. The molecule has 0 spiro atoms. The second kappa shape index (κ2) is 19.5. The smallest absolute Gasteiger partial charge is 0.335 e. The number of rotatable bonds is 4. The topological polar surface area (TPSA) is 146 Å². The van der Waals surface area contributed by atoms with E-state index in [1.807, 2.05) is 0 Å². The van der Waals surface area contributed by atoms with E-state index in [0.717, 1.165) is 66.4 Å². The Balaban J connectivity index is 1.26. The number of hydrogen-bond donors (Lipinski definition) is 3. The van der Waals surface area contributed by atoms with Crippen LogP contribution in [0.1, 0.15) is 168 Å². The Morgan fingerprint density at radius 3 is 1.07 bits per heavy atom. The molecule has 0 radical (unpaired) electrons. The molecule has 0 atom stereocenters. The number of carboxylic acids is 1. The maximum absolute atomic E-state index is 12.8. The van der Waals surface area contributed by atoms with Crippen LogP contribution in [0.15, 0.2) is 127 Å². The van der Waals surface area contributed by atoms with Crippen molar-refractivity contribution in [1.29, 1.82) is 0 Å². The number of nitrogens with zero attached hydrogens (tertiary/aromatic N) is 6. The first-order valence-electron chi connectivity index (χ1n) is 29.8. The predicted molar refractivity (Wildman–Crippen MR) is 352 cm³/mol. The number of aromatic carboxylic acids is 1. The van der Waals surface area contributed by atoms with E-state index in [2.05, 4.69) is 244 Å². The van der Waals surface area contributed by atoms with Crippen LogP contribution in [0.4, 0.5) is 0 Å². The van der Waals surface area contributed by atoms with Crippen LogP contribution in [-0.2, 0) is 32.5 Å². The highest BCUT2D eigenvalue weighted by Gasteiger charge is 2.31. The molecule has 10 aromatic rings. The fourth-order valence-electron chi connectivity index (χ4n) is 11.7. The summed E-state index contributed by atoms with van der Waals surface area (Å²) >= 11 is 0. The van der Waals surface area contributed by atoms with Gasteiger partial charge in [-0.15, -0.1) is 0 Å². The van der Waals surface area contributed by atoms with Crippen LogP contribution in [0.5, 0.6) is 0 Å². The average Bonchev–Trinajstić information content (AvgIpc) is 1.73. The molecule has 0 saturated heterocycles. The molecular formula is C75H78N8O2. The molecule has 3 aromatic heterocycles. The molecule has 5 heterocycles. The Kier molecular flexibility index (Phi) is 13.0. The first-order chi connectivity index (χ1) is 39.7. The van der Waals surface area contributed by atoms with Crippen molar-refractivity contribution in [2.75, 3.05) is 0 Å². The molecule has 85 heavy (non-hydrogen) atoms. The molecule has 430 valence electrons. The summed E-state index contributed by atoms with van der Waals surface area (Å²) in [4.78, 5) is 53.4. The van der Waals surface area contributed by atoms with Gasteiger partial charge in [0.1, 0.15) is 22.6 Å². The van der Waals surface area contributed by atoms with Gasteiger partial charge in [-0.05, 0) is 117 Å². The van der Waals surface area contributed by atoms with E-state index in [9.17, 15) is 9.90 Å². The van der Waals surface area contributed by atoms with Crippen LogP contribution < -0.4 is 0 Å². The summed E-state index contributed by atoms with van der Waals surface area (Å²) in [5, 5.41) is 13.5. The molecule has 0 amide bonds. The lowest BCUT2D eigenvalue weighted by atomic mass is 9.78. The molecule has 0 fully saturated rings. The average molecular weight is 1120 g/mol. The molecule has 10 heteroatoms. The monoisotopic (exact) mass is 1120 g/mol. The van der Waals surface area contributed by atoms with Gasteiger partial charge in [0.2, 0.25) is 0 Å². The summed E-state index contributed by atoms with van der Waals surface area (Å²) in [5.74, 6) is 0.785. The Bertz CT molecular complexity index is 4450. The number of carbonyl (C=O) groups is 1. The minimum absolute atomic E-state index is 0.119. The van der Waals surface area contributed by atoms with E-state index in [0.29, 0.717) is 56.7 Å². The van der Waals surface area contributed by atoms with Gasteiger partial charge in [0.25, 0.3) is 0 Å². The molecule has 0 saturated carbocycles. The van der Waals surface area contributed by atoms with E-state index in [1.54, 1.807) is 18.2 Å². The van der Waals surface area contributed by atoms with Gasteiger partial charge < -0.3 is 15.1 Å². The number of H-pyrrole nitrogens is 2. The van der Waals surface area contributed by atoms with Crippen LogP contribution in [-0.4, -0.2) is 50.9 Å². The highest BCUT2D eigenvalue weighted by atomic mass is 16.4. The van der Waals surface area contributed by atoms with Crippen LogP contribution in [0.2, 0.25) is 0 Å². The van der Waals surface area contributed by atoms with Crippen LogP contribution >= 0.6 is 0 Å². The molecule has 2 aliphatic rings. The Hall–Kier alpha value is -8.63. The molecule has 12 rings (SSSR count). The first kappa shape index (κ1) is 56.8. The molecular weight excluding hydrogens is 1040 g/mol. The molecule has 3 N–H and O–H groups in total. The lowest BCUT2D eigenvalue weighted by molar-refractivity contribution is 0.0697. The second-order valence-electron chi connectivity index (χ2n) is 29.8. The zero-order valence-electron chi connectivity index (χ0n) is 52.7. The van der Waals surface area contributed by atoms with Gasteiger partial charge in [0.15, 0.2) is 23.3 Å². The van der Waals surface area contributed by atoms with Crippen molar-refractivity contribution in [2.45, 2.75) is 157 Å². The minimum atomic E-state index is -1.05. The third kappa shape index (κ3) is 10.3. The summed E-state index contributed by atoms with van der Waals surface area (Å²) in [5.41, 5.74) is 18.1. The van der Waals surface area contributed by atoms with Gasteiger partial charge in [0, 0.05) is 43.8 Å². The van der Waals surface area contributed by atoms with Crippen LogP contribution in [0, 0.1) is 0 Å². The van der Waals surface area contributed by atoms with Crippen molar-refractivity contribution in [3.63, 3.8) is 0 Å². The van der Waals surface area contributed by atoms with Gasteiger partial charge >= 0.3 is 5.97 Å². The van der Waals surface area contributed by atoms with Crippen molar-refractivity contribution in [1.82, 2.24) is 39.9 Å². The SMILES string of the molecule is CC(C)(C)c1cc(-c2cccc3c2-c2nc-3nc3[nH]c(nc4nc(nc5[nH]c(n2)c2ccc(C(=O)O)cc52)-c2cccc(-c5cc(C(C)(C)C)cc(C(C)(C)C)c5)c2-4)c2cccc(-c4cc(C(C)(C)C)cc(C(C)(C)C)c4)c32)cc(C(C)(C)C)c1. The van der Waals surface area contributed by atoms with Crippen molar-refractivity contribution < 1.29 is 9.90 Å². The van der Waals surface area contributed by atoms with Gasteiger partial charge in [0.05, 0.1) is 5.56 Å². The first-order valence-corrected chi connectivity index (χ1v) is 29.8. The standard InChI is InChI=1S/C75H78N8O2/c1-70(2,3)44-30-41(31-45(37-44)71(4,5)6)50-22-19-25-54-58(50)67-79-62(54)77-65-57-36-40(69(84)85)28-29-53(57)61(76-65)78-66-59-51(42-32-46(72(7,8)9)38-47(33-42)73(10,11)12)23-20-26-55(59)63(80-66)82-68-60-52(24-21-27-56(60)64(81-67)83-68)43-34-48(74(13,14)15)39-49(35-43)75(16,17)18/h19-39H,1-18H3,(H,84,85)(H2,76,77,78,79,80,81,82,83). The Morgan fingerprint density at radius 1 is 0.329 bits per heavy atom. The molecule has 0 aliphatic carbocycles. The van der Waals surface area contributed by atoms with Gasteiger partial charge in [-0.3, -0.25) is 0 Å². The molecule has 0 unspecified atom stereocenters. The number of aromatic nitrogens is 8.